The number of hydrogen-bond donors (Lipinski definition) is 1. The molecule has 0 spiro atoms. The fraction of sp³-hybridized carbons (Fsp3) is 0.364. The minimum Gasteiger partial charge on any atom is -0.475 e. The first-order valence-electron chi connectivity index (χ1n) is 9.01. The Morgan fingerprint density at radius 1 is 1.11 bits per heavy atom. The van der Waals surface area contributed by atoms with Gasteiger partial charge in [0.15, 0.2) is 0 Å². The second-order valence-electron chi connectivity index (χ2n) is 7.27. The van der Waals surface area contributed by atoms with Gasteiger partial charge in [0.1, 0.15) is 6.61 Å². The van der Waals surface area contributed by atoms with Crippen molar-refractivity contribution in [3.05, 3.63) is 65.4 Å². The number of rotatable bonds is 8. The molecule has 1 heterocycles. The largest absolute Gasteiger partial charge is 0.475 e. The summed E-state index contributed by atoms with van der Waals surface area (Å²) in [6.45, 7) is 7.93. The first kappa shape index (κ1) is 20.6. The fourth-order valence-electron chi connectivity index (χ4n) is 2.34. The monoisotopic (exact) mass is 368 g/mol. The zero-order valence-electron chi connectivity index (χ0n) is 16.5. The van der Waals surface area contributed by atoms with Crippen LogP contribution >= 0.6 is 0 Å². The van der Waals surface area contributed by atoms with Gasteiger partial charge in [-0.25, -0.2) is 4.98 Å². The minimum absolute atomic E-state index is 0.123. The van der Waals surface area contributed by atoms with Gasteiger partial charge in [0, 0.05) is 32.0 Å². The third-order valence-electron chi connectivity index (χ3n) is 4.01. The molecule has 0 saturated carbocycles. The van der Waals surface area contributed by atoms with Gasteiger partial charge in [-0.1, -0.05) is 51.1 Å². The molecule has 0 radical (unpaired) electrons. The maximum absolute atomic E-state index is 12.0. The van der Waals surface area contributed by atoms with Crippen LogP contribution in [0, 0.1) is 0 Å². The number of nitrogens with zero attached hydrogens (tertiary/aromatic N) is 1. The van der Waals surface area contributed by atoms with Gasteiger partial charge in [0.05, 0.1) is 6.61 Å². The molecule has 0 saturated heterocycles. The summed E-state index contributed by atoms with van der Waals surface area (Å²) in [5.74, 6) is 0.399. The molecule has 0 atom stereocenters. The van der Waals surface area contributed by atoms with E-state index in [1.54, 1.807) is 25.4 Å². The molecule has 0 fully saturated rings. The molecule has 1 aromatic carbocycles. The number of pyridine rings is 1. The van der Waals surface area contributed by atoms with Crippen molar-refractivity contribution in [1.82, 2.24) is 10.3 Å². The molecular formula is C22H28N2O3. The lowest BCUT2D eigenvalue weighted by atomic mass is 9.87. The molecular weight excluding hydrogens is 340 g/mol. The molecule has 2 aromatic rings. The lowest BCUT2D eigenvalue weighted by Crippen LogP contribution is -2.20. The number of carbonyl (C=O) groups excluding carboxylic acids is 1. The summed E-state index contributed by atoms with van der Waals surface area (Å²) < 4.78 is 10.3. The quantitative estimate of drug-likeness (QED) is 0.570. The highest BCUT2D eigenvalue weighted by Gasteiger charge is 2.12. The van der Waals surface area contributed by atoms with E-state index in [4.69, 9.17) is 9.47 Å². The van der Waals surface area contributed by atoms with E-state index in [1.165, 1.54) is 5.56 Å². The Hall–Kier alpha value is -2.66. The van der Waals surface area contributed by atoms with E-state index in [2.05, 4.69) is 43.2 Å². The number of methoxy groups -OCH3 is 1. The Morgan fingerprint density at radius 3 is 2.44 bits per heavy atom. The van der Waals surface area contributed by atoms with Gasteiger partial charge in [-0.3, -0.25) is 4.79 Å². The molecule has 5 nitrogen and oxygen atoms in total. The molecule has 27 heavy (non-hydrogen) atoms. The highest BCUT2D eigenvalue weighted by atomic mass is 16.5. The van der Waals surface area contributed by atoms with Crippen molar-refractivity contribution in [2.24, 2.45) is 0 Å². The Labute approximate surface area is 161 Å². The normalized spacial score (nSPS) is 11.6. The van der Waals surface area contributed by atoms with Crippen molar-refractivity contribution in [2.45, 2.75) is 32.7 Å². The minimum atomic E-state index is -0.143. The third kappa shape index (κ3) is 7.23. The standard InChI is InChI=1S/C22H28N2O3/c1-22(2,3)19-9-5-17(6-10-19)7-11-20(25)23-15-18-8-12-21(24-16-18)27-14-13-26-4/h5-12,16H,13-15H2,1-4H3,(H,23,25)/b11-7+. The highest BCUT2D eigenvalue weighted by molar-refractivity contribution is 5.91. The summed E-state index contributed by atoms with van der Waals surface area (Å²) in [6, 6.07) is 11.9. The van der Waals surface area contributed by atoms with Gasteiger partial charge in [0.25, 0.3) is 0 Å². The van der Waals surface area contributed by atoms with E-state index in [9.17, 15) is 4.79 Å². The van der Waals surface area contributed by atoms with Crippen LogP contribution in [0.3, 0.4) is 0 Å². The van der Waals surface area contributed by atoms with Crippen LogP contribution in [0.4, 0.5) is 0 Å². The number of hydrogen-bond acceptors (Lipinski definition) is 4. The predicted octanol–water partition coefficient (Wildman–Crippen LogP) is 3.73. The average molecular weight is 368 g/mol. The van der Waals surface area contributed by atoms with Crippen molar-refractivity contribution >= 4 is 12.0 Å². The van der Waals surface area contributed by atoms with E-state index in [1.807, 2.05) is 24.3 Å². The van der Waals surface area contributed by atoms with Crippen molar-refractivity contribution in [1.29, 1.82) is 0 Å². The molecule has 0 aliphatic rings. The SMILES string of the molecule is COCCOc1ccc(CNC(=O)/C=C/c2ccc(C(C)(C)C)cc2)cn1. The van der Waals surface area contributed by atoms with E-state index < -0.39 is 0 Å². The van der Waals surface area contributed by atoms with Crippen molar-refractivity contribution in [2.75, 3.05) is 20.3 Å². The average Bonchev–Trinajstić information content (AvgIpc) is 2.65. The molecule has 1 aromatic heterocycles. The van der Waals surface area contributed by atoms with Gasteiger partial charge < -0.3 is 14.8 Å². The summed E-state index contributed by atoms with van der Waals surface area (Å²) in [5.41, 5.74) is 3.30. The zero-order valence-corrected chi connectivity index (χ0v) is 16.5. The zero-order chi connectivity index (χ0) is 19.7. The topological polar surface area (TPSA) is 60.5 Å². The smallest absolute Gasteiger partial charge is 0.244 e. The number of aromatic nitrogens is 1. The molecule has 0 aliphatic heterocycles. The van der Waals surface area contributed by atoms with Crippen LogP contribution in [0.15, 0.2) is 48.7 Å². The van der Waals surface area contributed by atoms with Crippen LogP contribution in [-0.4, -0.2) is 31.2 Å². The Morgan fingerprint density at radius 2 is 1.85 bits per heavy atom. The van der Waals surface area contributed by atoms with Crippen LogP contribution in [0.2, 0.25) is 0 Å². The number of carbonyl (C=O) groups is 1. The molecule has 144 valence electrons. The van der Waals surface area contributed by atoms with Gasteiger partial charge in [-0.15, -0.1) is 0 Å². The van der Waals surface area contributed by atoms with Crippen LogP contribution < -0.4 is 10.1 Å². The summed E-state index contributed by atoms with van der Waals surface area (Å²) in [7, 11) is 1.62. The molecule has 2 rings (SSSR count). The van der Waals surface area contributed by atoms with E-state index >= 15 is 0 Å². The predicted molar refractivity (Wildman–Crippen MR) is 108 cm³/mol. The second kappa shape index (κ2) is 9.88. The second-order valence-corrected chi connectivity index (χ2v) is 7.27. The van der Waals surface area contributed by atoms with E-state index in [-0.39, 0.29) is 11.3 Å². The van der Waals surface area contributed by atoms with Crippen LogP contribution in [0.25, 0.3) is 6.08 Å². The molecule has 0 aliphatic carbocycles. The maximum Gasteiger partial charge on any atom is 0.244 e. The highest BCUT2D eigenvalue weighted by Crippen LogP contribution is 2.22. The summed E-state index contributed by atoms with van der Waals surface area (Å²) in [5, 5.41) is 2.85. The first-order valence-corrected chi connectivity index (χ1v) is 9.01. The molecule has 5 heteroatoms. The molecule has 0 unspecified atom stereocenters. The van der Waals surface area contributed by atoms with Crippen molar-refractivity contribution < 1.29 is 14.3 Å². The fourth-order valence-corrected chi connectivity index (χ4v) is 2.34. The van der Waals surface area contributed by atoms with Crippen molar-refractivity contribution in [3.8, 4) is 5.88 Å². The lowest BCUT2D eigenvalue weighted by molar-refractivity contribution is -0.116. The number of nitrogens with one attached hydrogen (secondary N) is 1. The first-order chi connectivity index (χ1) is 12.9. The van der Waals surface area contributed by atoms with Gasteiger partial charge in [-0.05, 0) is 28.2 Å². The maximum atomic E-state index is 12.0. The van der Waals surface area contributed by atoms with Crippen LogP contribution in [0.1, 0.15) is 37.5 Å². The Balaban J connectivity index is 1.81. The summed E-state index contributed by atoms with van der Waals surface area (Å²) in [4.78, 5) is 16.2. The number of amides is 1. The van der Waals surface area contributed by atoms with E-state index in [0.29, 0.717) is 25.6 Å². The number of ether oxygens (including phenoxy) is 2. The van der Waals surface area contributed by atoms with Gasteiger partial charge >= 0.3 is 0 Å². The number of benzene rings is 1. The summed E-state index contributed by atoms with van der Waals surface area (Å²) in [6.07, 6.45) is 5.05. The van der Waals surface area contributed by atoms with Crippen molar-refractivity contribution in [3.63, 3.8) is 0 Å². The Kier molecular flexibility index (Phi) is 7.55. The molecule has 0 bridgehead atoms. The summed E-state index contributed by atoms with van der Waals surface area (Å²) >= 11 is 0. The van der Waals surface area contributed by atoms with E-state index in [0.717, 1.165) is 11.1 Å². The lowest BCUT2D eigenvalue weighted by Gasteiger charge is -2.18. The Bertz CT molecular complexity index is 745. The van der Waals surface area contributed by atoms with Crippen LogP contribution in [0.5, 0.6) is 5.88 Å². The van der Waals surface area contributed by atoms with Gasteiger partial charge in [0.2, 0.25) is 11.8 Å². The third-order valence-corrected chi connectivity index (χ3v) is 4.01. The molecule has 1 amide bonds. The van der Waals surface area contributed by atoms with Crippen LogP contribution in [-0.2, 0) is 21.5 Å². The van der Waals surface area contributed by atoms with Gasteiger partial charge in [-0.2, -0.15) is 0 Å². The molecule has 1 N–H and O–H groups in total.